The van der Waals surface area contributed by atoms with Crippen molar-refractivity contribution >= 4 is 17.7 Å². The minimum absolute atomic E-state index is 0.0567. The van der Waals surface area contributed by atoms with Crippen molar-refractivity contribution in [1.82, 2.24) is 10.6 Å². The molecule has 88 valence electrons. The topological polar surface area (TPSA) is 41.1 Å². The molecule has 1 atom stereocenters. The Morgan fingerprint density at radius 2 is 2.27 bits per heavy atom. The molecule has 0 aromatic carbocycles. The number of rotatable bonds is 4. The summed E-state index contributed by atoms with van der Waals surface area (Å²) < 4.78 is 35.2. The molecule has 0 aliphatic carbocycles. The van der Waals surface area contributed by atoms with Gasteiger partial charge in [-0.25, -0.2) is 0 Å². The number of hydrogen-bond acceptors (Lipinski definition) is 3. The predicted octanol–water partition coefficient (Wildman–Crippen LogP) is 1.11. The third kappa shape index (κ3) is 5.27. The first kappa shape index (κ1) is 12.6. The van der Waals surface area contributed by atoms with E-state index in [0.717, 1.165) is 19.4 Å². The van der Waals surface area contributed by atoms with E-state index in [-0.39, 0.29) is 36.0 Å². The van der Waals surface area contributed by atoms with Crippen LogP contribution in [-0.2, 0) is 4.79 Å². The van der Waals surface area contributed by atoms with Crippen LogP contribution in [0.4, 0.5) is 13.2 Å². The Kier molecular flexibility index (Phi) is 4.72. The molecule has 0 saturated carbocycles. The first-order valence-corrected chi connectivity index (χ1v) is 5.69. The molecule has 1 heterocycles. The zero-order valence-corrected chi connectivity index (χ0v) is 8.88. The van der Waals surface area contributed by atoms with Crippen LogP contribution in [-0.4, -0.2) is 36.3 Å². The highest BCUT2D eigenvalue weighted by Gasteiger charge is 2.28. The van der Waals surface area contributed by atoms with E-state index in [4.69, 9.17) is 0 Å². The number of halogens is 3. The van der Waals surface area contributed by atoms with Crippen molar-refractivity contribution in [2.24, 2.45) is 0 Å². The van der Waals surface area contributed by atoms with Crippen molar-refractivity contribution in [3.05, 3.63) is 0 Å². The van der Waals surface area contributed by atoms with Gasteiger partial charge in [-0.15, -0.1) is 0 Å². The average molecular weight is 242 g/mol. The number of nitrogens with one attached hydrogen (secondary N) is 2. The average Bonchev–Trinajstić information content (AvgIpc) is 2.63. The fraction of sp³-hybridized carbons (Fsp3) is 0.875. The highest BCUT2D eigenvalue weighted by Crippen LogP contribution is 2.29. The summed E-state index contributed by atoms with van der Waals surface area (Å²) in [7, 11) is 0. The summed E-state index contributed by atoms with van der Waals surface area (Å²) in [5, 5.41) is 5.45. The van der Waals surface area contributed by atoms with Gasteiger partial charge in [-0.3, -0.25) is 4.79 Å². The van der Waals surface area contributed by atoms with Gasteiger partial charge in [0, 0.05) is 12.3 Å². The van der Waals surface area contributed by atoms with Crippen molar-refractivity contribution in [3.63, 3.8) is 0 Å². The van der Waals surface area contributed by atoms with Gasteiger partial charge < -0.3 is 10.6 Å². The molecule has 0 bridgehead atoms. The zero-order chi connectivity index (χ0) is 11.3. The Morgan fingerprint density at radius 3 is 2.80 bits per heavy atom. The van der Waals surface area contributed by atoms with Crippen molar-refractivity contribution in [1.29, 1.82) is 0 Å². The van der Waals surface area contributed by atoms with Gasteiger partial charge in [0.05, 0.1) is 6.04 Å². The lowest BCUT2D eigenvalue weighted by Gasteiger charge is -2.11. The Hall–Kier alpha value is -0.430. The lowest BCUT2D eigenvalue weighted by molar-refractivity contribution is -0.122. The van der Waals surface area contributed by atoms with Gasteiger partial charge in [0.25, 0.3) is 0 Å². The van der Waals surface area contributed by atoms with E-state index in [1.54, 1.807) is 0 Å². The molecule has 0 aromatic heterocycles. The highest BCUT2D eigenvalue weighted by atomic mass is 32.2. The van der Waals surface area contributed by atoms with Gasteiger partial charge >= 0.3 is 5.51 Å². The maximum atomic E-state index is 11.7. The third-order valence-electron chi connectivity index (χ3n) is 2.04. The number of carbonyl (C=O) groups excluding carboxylic acids is 1. The van der Waals surface area contributed by atoms with E-state index in [0.29, 0.717) is 0 Å². The summed E-state index contributed by atoms with van der Waals surface area (Å²) in [6.07, 6.45) is 1.70. The Morgan fingerprint density at radius 1 is 1.53 bits per heavy atom. The second-order valence-corrected chi connectivity index (χ2v) is 4.39. The maximum absolute atomic E-state index is 11.7. The first-order chi connectivity index (χ1) is 6.99. The fourth-order valence-electron chi connectivity index (χ4n) is 1.37. The Labute approximate surface area is 90.2 Å². The molecule has 1 aliphatic heterocycles. The lowest BCUT2D eigenvalue weighted by atomic mass is 10.2. The largest absolute Gasteiger partial charge is 0.441 e. The molecule has 1 saturated heterocycles. The minimum atomic E-state index is -4.21. The molecule has 0 unspecified atom stereocenters. The molecular formula is C8H13F3N2OS. The van der Waals surface area contributed by atoms with Crippen LogP contribution >= 0.6 is 11.8 Å². The standard InChI is InChI=1S/C8H13F3N2OS/c9-8(10,11)15-5-4-13-7(14)6-2-1-3-12-6/h6,12H,1-5H2,(H,13,14)/t6-/m0/s1. The van der Waals surface area contributed by atoms with E-state index in [1.165, 1.54) is 0 Å². The number of hydrogen-bond donors (Lipinski definition) is 2. The van der Waals surface area contributed by atoms with Crippen LogP contribution in [0.1, 0.15) is 12.8 Å². The molecule has 0 radical (unpaired) electrons. The molecule has 2 N–H and O–H groups in total. The summed E-state index contributed by atoms with van der Waals surface area (Å²) >= 11 is -0.117. The number of thioether (sulfide) groups is 1. The summed E-state index contributed by atoms with van der Waals surface area (Å²) in [5.41, 5.74) is -4.21. The van der Waals surface area contributed by atoms with E-state index >= 15 is 0 Å². The van der Waals surface area contributed by atoms with E-state index in [9.17, 15) is 18.0 Å². The smallest absolute Gasteiger partial charge is 0.354 e. The third-order valence-corrected chi connectivity index (χ3v) is 2.78. The van der Waals surface area contributed by atoms with Gasteiger partial charge in [-0.1, -0.05) is 0 Å². The van der Waals surface area contributed by atoms with Crippen LogP contribution in [0.3, 0.4) is 0 Å². The van der Waals surface area contributed by atoms with Crippen molar-refractivity contribution < 1.29 is 18.0 Å². The summed E-state index contributed by atoms with van der Waals surface area (Å²) in [6.45, 7) is 0.858. The number of amides is 1. The molecule has 1 amide bonds. The van der Waals surface area contributed by atoms with Crippen molar-refractivity contribution in [2.75, 3.05) is 18.8 Å². The van der Waals surface area contributed by atoms with Gasteiger partial charge in [0.2, 0.25) is 5.91 Å². The molecular weight excluding hydrogens is 229 g/mol. The molecule has 1 rings (SSSR count). The molecule has 0 spiro atoms. The molecule has 1 fully saturated rings. The normalized spacial score (nSPS) is 21.7. The Bertz CT molecular complexity index is 216. The van der Waals surface area contributed by atoms with Crippen molar-refractivity contribution in [3.8, 4) is 0 Å². The van der Waals surface area contributed by atoms with Gasteiger partial charge in [0.15, 0.2) is 0 Å². The van der Waals surface area contributed by atoms with Crippen LogP contribution in [0.5, 0.6) is 0 Å². The monoisotopic (exact) mass is 242 g/mol. The zero-order valence-electron chi connectivity index (χ0n) is 8.06. The molecule has 0 aromatic rings. The van der Waals surface area contributed by atoms with Crippen LogP contribution in [0.2, 0.25) is 0 Å². The van der Waals surface area contributed by atoms with E-state index in [2.05, 4.69) is 10.6 Å². The lowest BCUT2D eigenvalue weighted by Crippen LogP contribution is -2.41. The van der Waals surface area contributed by atoms with Crippen LogP contribution < -0.4 is 10.6 Å². The van der Waals surface area contributed by atoms with Gasteiger partial charge in [-0.2, -0.15) is 13.2 Å². The molecule has 1 aliphatic rings. The number of alkyl halides is 3. The summed E-state index contributed by atoms with van der Waals surface area (Å²) in [4.78, 5) is 11.3. The van der Waals surface area contributed by atoms with Crippen LogP contribution in [0, 0.1) is 0 Å². The molecule has 3 nitrogen and oxygen atoms in total. The fourth-order valence-corrected chi connectivity index (χ4v) is 1.81. The van der Waals surface area contributed by atoms with Crippen LogP contribution in [0.25, 0.3) is 0 Å². The highest BCUT2D eigenvalue weighted by molar-refractivity contribution is 8.00. The minimum Gasteiger partial charge on any atom is -0.354 e. The second kappa shape index (κ2) is 5.60. The summed E-state index contributed by atoms with van der Waals surface area (Å²) in [6, 6.07) is -0.221. The second-order valence-electron chi connectivity index (χ2n) is 3.23. The maximum Gasteiger partial charge on any atom is 0.441 e. The molecule has 7 heteroatoms. The van der Waals surface area contributed by atoms with E-state index in [1.807, 2.05) is 0 Å². The molecule has 15 heavy (non-hydrogen) atoms. The predicted molar refractivity (Wildman–Crippen MR) is 52.5 cm³/mol. The van der Waals surface area contributed by atoms with Crippen molar-refractivity contribution in [2.45, 2.75) is 24.4 Å². The SMILES string of the molecule is O=C(NCCSC(F)(F)F)[C@@H]1CCCN1. The van der Waals surface area contributed by atoms with E-state index < -0.39 is 5.51 Å². The van der Waals surface area contributed by atoms with Crippen LogP contribution in [0.15, 0.2) is 0 Å². The number of carbonyl (C=O) groups is 1. The first-order valence-electron chi connectivity index (χ1n) is 4.71. The summed E-state index contributed by atoms with van der Waals surface area (Å²) in [5.74, 6) is -0.336. The quantitative estimate of drug-likeness (QED) is 0.726. The van der Waals surface area contributed by atoms with Gasteiger partial charge in [-0.05, 0) is 31.1 Å². The van der Waals surface area contributed by atoms with Gasteiger partial charge in [0.1, 0.15) is 0 Å². The Balaban J connectivity index is 2.07.